The number of ether oxygens (including phenoxy) is 2. The van der Waals surface area contributed by atoms with Crippen molar-refractivity contribution in [2.45, 2.75) is 6.54 Å². The highest BCUT2D eigenvalue weighted by atomic mass is 79.9. The molecule has 2 aromatic carbocycles. The van der Waals surface area contributed by atoms with Crippen LogP contribution in [0.25, 0.3) is 21.3 Å². The van der Waals surface area contributed by atoms with Crippen LogP contribution in [0.2, 0.25) is 0 Å². The first-order chi connectivity index (χ1) is 13.6. The number of fused-ring (bicyclic) bond motifs is 1. The van der Waals surface area contributed by atoms with Crippen LogP contribution in [-0.2, 0) is 6.54 Å². The Morgan fingerprint density at radius 3 is 2.68 bits per heavy atom. The molecule has 0 aliphatic rings. The second-order valence-corrected chi connectivity index (χ2v) is 7.98. The highest BCUT2D eigenvalue weighted by Crippen LogP contribution is 2.36. The summed E-state index contributed by atoms with van der Waals surface area (Å²) in [5.41, 5.74) is 2.71. The van der Waals surface area contributed by atoms with Gasteiger partial charge in [0.15, 0.2) is 11.5 Å². The molecule has 2 aromatic heterocycles. The molecule has 5 nitrogen and oxygen atoms in total. The van der Waals surface area contributed by atoms with E-state index in [1.807, 2.05) is 47.8 Å². The van der Waals surface area contributed by atoms with Gasteiger partial charge in [-0.05, 0) is 35.4 Å². The van der Waals surface area contributed by atoms with Crippen LogP contribution in [0, 0.1) is 0 Å². The SMILES string of the molecule is COc1ccc(-c2csc3ncn(Cc4cccc(Br)c4)c(=O)c23)cc1OC. The smallest absolute Gasteiger partial charge is 0.263 e. The molecular weight excluding hydrogens is 440 g/mol. The topological polar surface area (TPSA) is 53.4 Å². The lowest BCUT2D eigenvalue weighted by Crippen LogP contribution is -2.20. The summed E-state index contributed by atoms with van der Waals surface area (Å²) in [5.74, 6) is 1.27. The normalized spacial score (nSPS) is 11.0. The van der Waals surface area contributed by atoms with Gasteiger partial charge in [-0.3, -0.25) is 9.36 Å². The number of methoxy groups -OCH3 is 2. The van der Waals surface area contributed by atoms with Crippen molar-refractivity contribution in [1.82, 2.24) is 9.55 Å². The largest absolute Gasteiger partial charge is 0.493 e. The molecule has 4 rings (SSSR count). The molecule has 4 aromatic rings. The number of benzene rings is 2. The number of halogens is 1. The second-order valence-electron chi connectivity index (χ2n) is 6.21. The summed E-state index contributed by atoms with van der Waals surface area (Å²) in [4.78, 5) is 18.4. The van der Waals surface area contributed by atoms with E-state index >= 15 is 0 Å². The van der Waals surface area contributed by atoms with E-state index in [-0.39, 0.29) is 5.56 Å². The number of nitrogens with zero attached hydrogens (tertiary/aromatic N) is 2. The number of hydrogen-bond donors (Lipinski definition) is 0. The summed E-state index contributed by atoms with van der Waals surface area (Å²) in [6.45, 7) is 0.461. The van der Waals surface area contributed by atoms with Crippen molar-refractivity contribution < 1.29 is 9.47 Å². The van der Waals surface area contributed by atoms with Crippen LogP contribution in [0.4, 0.5) is 0 Å². The quantitative estimate of drug-likeness (QED) is 0.426. The minimum atomic E-state index is -0.0592. The molecule has 0 aliphatic heterocycles. The fraction of sp³-hybridized carbons (Fsp3) is 0.143. The molecule has 0 saturated heterocycles. The zero-order valence-corrected chi connectivity index (χ0v) is 17.7. The van der Waals surface area contributed by atoms with Crippen LogP contribution in [0.15, 0.2) is 63.4 Å². The first-order valence-corrected chi connectivity index (χ1v) is 10.2. The molecule has 0 atom stereocenters. The number of hydrogen-bond acceptors (Lipinski definition) is 5. The van der Waals surface area contributed by atoms with Crippen molar-refractivity contribution >= 4 is 37.5 Å². The number of thiophene rings is 1. The third-order valence-corrected chi connectivity index (χ3v) is 5.88. The second kappa shape index (κ2) is 7.77. The van der Waals surface area contributed by atoms with Crippen LogP contribution in [0.5, 0.6) is 11.5 Å². The molecule has 0 N–H and O–H groups in total. The van der Waals surface area contributed by atoms with Crippen molar-refractivity contribution in [3.63, 3.8) is 0 Å². The fourth-order valence-electron chi connectivity index (χ4n) is 3.13. The lowest BCUT2D eigenvalue weighted by Gasteiger charge is -2.10. The molecule has 2 heterocycles. The summed E-state index contributed by atoms with van der Waals surface area (Å²) < 4.78 is 13.3. The van der Waals surface area contributed by atoms with Gasteiger partial charge in [-0.15, -0.1) is 11.3 Å². The highest BCUT2D eigenvalue weighted by molar-refractivity contribution is 9.10. The van der Waals surface area contributed by atoms with Crippen molar-refractivity contribution in [1.29, 1.82) is 0 Å². The maximum Gasteiger partial charge on any atom is 0.263 e. The molecule has 0 spiro atoms. The maximum absolute atomic E-state index is 13.2. The number of aromatic nitrogens is 2. The minimum absolute atomic E-state index is 0.0592. The van der Waals surface area contributed by atoms with E-state index in [1.165, 1.54) is 11.3 Å². The Balaban J connectivity index is 1.82. The van der Waals surface area contributed by atoms with Crippen LogP contribution in [0.3, 0.4) is 0 Å². The molecule has 0 fully saturated rings. The lowest BCUT2D eigenvalue weighted by atomic mass is 10.1. The summed E-state index contributed by atoms with van der Waals surface area (Å²) in [6, 6.07) is 13.6. The first kappa shape index (κ1) is 18.7. The molecule has 0 saturated carbocycles. The van der Waals surface area contributed by atoms with Gasteiger partial charge in [0.1, 0.15) is 4.83 Å². The van der Waals surface area contributed by atoms with Crippen molar-refractivity contribution in [3.05, 3.63) is 74.6 Å². The van der Waals surface area contributed by atoms with E-state index in [0.717, 1.165) is 26.0 Å². The predicted molar refractivity (Wildman–Crippen MR) is 116 cm³/mol. The lowest BCUT2D eigenvalue weighted by molar-refractivity contribution is 0.355. The van der Waals surface area contributed by atoms with Gasteiger partial charge in [0.05, 0.1) is 32.5 Å². The van der Waals surface area contributed by atoms with Gasteiger partial charge in [-0.1, -0.05) is 34.1 Å². The van der Waals surface area contributed by atoms with Crippen LogP contribution in [0.1, 0.15) is 5.56 Å². The molecular formula is C21H17BrN2O3S. The van der Waals surface area contributed by atoms with Gasteiger partial charge in [0.25, 0.3) is 5.56 Å². The van der Waals surface area contributed by atoms with Crippen molar-refractivity contribution in [2.24, 2.45) is 0 Å². The molecule has 142 valence electrons. The maximum atomic E-state index is 13.2. The Bertz CT molecular complexity index is 1220. The molecule has 28 heavy (non-hydrogen) atoms. The Morgan fingerprint density at radius 2 is 1.93 bits per heavy atom. The monoisotopic (exact) mass is 456 g/mol. The predicted octanol–water partition coefficient (Wildman–Crippen LogP) is 4.95. The zero-order valence-electron chi connectivity index (χ0n) is 15.3. The third-order valence-electron chi connectivity index (χ3n) is 4.50. The Morgan fingerprint density at radius 1 is 1.11 bits per heavy atom. The van der Waals surface area contributed by atoms with Crippen molar-refractivity contribution in [2.75, 3.05) is 14.2 Å². The summed E-state index contributed by atoms with van der Waals surface area (Å²) >= 11 is 4.93. The van der Waals surface area contributed by atoms with Gasteiger partial charge in [0.2, 0.25) is 0 Å². The summed E-state index contributed by atoms with van der Waals surface area (Å²) in [6.07, 6.45) is 1.61. The van der Waals surface area contributed by atoms with Crippen molar-refractivity contribution in [3.8, 4) is 22.6 Å². The molecule has 0 unspecified atom stereocenters. The van der Waals surface area contributed by atoms with E-state index in [4.69, 9.17) is 9.47 Å². The van der Waals surface area contributed by atoms with E-state index in [1.54, 1.807) is 25.1 Å². The van der Waals surface area contributed by atoms with Gasteiger partial charge in [-0.2, -0.15) is 0 Å². The summed E-state index contributed by atoms with van der Waals surface area (Å²) in [5, 5.41) is 2.58. The van der Waals surface area contributed by atoms with E-state index < -0.39 is 0 Å². The van der Waals surface area contributed by atoms with Crippen LogP contribution < -0.4 is 15.0 Å². The highest BCUT2D eigenvalue weighted by Gasteiger charge is 2.15. The van der Waals surface area contributed by atoms with Gasteiger partial charge < -0.3 is 9.47 Å². The van der Waals surface area contributed by atoms with Crippen LogP contribution in [-0.4, -0.2) is 23.8 Å². The van der Waals surface area contributed by atoms with E-state index in [0.29, 0.717) is 23.4 Å². The zero-order chi connectivity index (χ0) is 19.7. The minimum Gasteiger partial charge on any atom is -0.493 e. The Labute approximate surface area is 174 Å². The van der Waals surface area contributed by atoms with Gasteiger partial charge in [-0.25, -0.2) is 4.98 Å². The van der Waals surface area contributed by atoms with E-state index in [2.05, 4.69) is 20.9 Å². The van der Waals surface area contributed by atoms with E-state index in [9.17, 15) is 4.79 Å². The average molecular weight is 457 g/mol. The standard InChI is InChI=1S/C21H17BrN2O3S/c1-26-17-7-6-14(9-18(17)27-2)16-11-28-20-19(16)21(25)24(12-23-20)10-13-4-3-5-15(22)8-13/h3-9,11-12H,10H2,1-2H3. The Kier molecular flexibility index (Phi) is 5.19. The first-order valence-electron chi connectivity index (χ1n) is 8.54. The molecule has 0 amide bonds. The molecule has 7 heteroatoms. The number of rotatable bonds is 5. The van der Waals surface area contributed by atoms with Gasteiger partial charge in [0, 0.05) is 15.4 Å². The molecule has 0 bridgehead atoms. The Hall–Kier alpha value is -2.64. The fourth-order valence-corrected chi connectivity index (χ4v) is 4.48. The molecule has 0 radical (unpaired) electrons. The van der Waals surface area contributed by atoms with Gasteiger partial charge >= 0.3 is 0 Å². The third kappa shape index (κ3) is 3.43. The average Bonchev–Trinajstić information content (AvgIpc) is 3.14. The van der Waals surface area contributed by atoms with Crippen LogP contribution >= 0.6 is 27.3 Å². The molecule has 0 aliphatic carbocycles. The summed E-state index contributed by atoms with van der Waals surface area (Å²) in [7, 11) is 3.20.